The number of amides is 1. The number of thiocarbonyl (C=S) groups is 1. The number of nitrogens with one attached hydrogen (secondary N) is 1. The van der Waals surface area contributed by atoms with Crippen LogP contribution < -0.4 is 5.32 Å². The normalized spacial score (nSPS) is 16.3. The first kappa shape index (κ1) is 16.0. The molecule has 1 aliphatic heterocycles. The van der Waals surface area contributed by atoms with Crippen LogP contribution in [0.3, 0.4) is 0 Å². The van der Waals surface area contributed by atoms with Crippen LogP contribution in [0.1, 0.15) is 28.1 Å². The Bertz CT molecular complexity index is 862. The van der Waals surface area contributed by atoms with E-state index in [2.05, 4.69) is 61.8 Å². The zero-order chi connectivity index (χ0) is 16.7. The number of nitrogens with zero attached hydrogens (tertiary/aromatic N) is 1. The quantitative estimate of drug-likeness (QED) is 0.656. The molecule has 1 saturated heterocycles. The predicted molar refractivity (Wildman–Crippen MR) is 101 cm³/mol. The van der Waals surface area contributed by atoms with Crippen molar-refractivity contribution in [3.05, 3.63) is 57.2 Å². The molecule has 0 unspecified atom stereocenters. The highest BCUT2D eigenvalue weighted by Crippen LogP contribution is 2.29. The van der Waals surface area contributed by atoms with E-state index in [1.807, 2.05) is 6.08 Å². The predicted octanol–water partition coefficient (Wildman–Crippen LogP) is 4.20. The molecule has 1 aromatic carbocycles. The summed E-state index contributed by atoms with van der Waals surface area (Å²) >= 11 is 6.36. The van der Waals surface area contributed by atoms with Gasteiger partial charge in [0.15, 0.2) is 0 Å². The molecule has 0 bridgehead atoms. The third kappa shape index (κ3) is 2.99. The molecule has 1 amide bonds. The average molecular weight is 342 g/mol. The van der Waals surface area contributed by atoms with E-state index in [-0.39, 0.29) is 5.91 Å². The molecule has 2 heterocycles. The summed E-state index contributed by atoms with van der Waals surface area (Å²) in [7, 11) is 0. The van der Waals surface area contributed by atoms with Gasteiger partial charge in [0, 0.05) is 17.1 Å². The summed E-state index contributed by atoms with van der Waals surface area (Å²) in [5.41, 5.74) is 7.00. The summed E-state index contributed by atoms with van der Waals surface area (Å²) in [6.07, 6.45) is 1.92. The Morgan fingerprint density at radius 2 is 1.87 bits per heavy atom. The maximum absolute atomic E-state index is 11.8. The summed E-state index contributed by atoms with van der Waals surface area (Å²) in [5.74, 6) is -0.115. The van der Waals surface area contributed by atoms with Crippen LogP contribution in [0.2, 0.25) is 0 Å². The van der Waals surface area contributed by atoms with Crippen LogP contribution in [0, 0.1) is 27.7 Å². The molecule has 1 N–H and O–H groups in total. The van der Waals surface area contributed by atoms with Gasteiger partial charge in [-0.3, -0.25) is 4.79 Å². The Balaban J connectivity index is 2.06. The maximum atomic E-state index is 11.8. The van der Waals surface area contributed by atoms with E-state index in [4.69, 9.17) is 12.2 Å². The highest BCUT2D eigenvalue weighted by Gasteiger charge is 2.23. The highest BCUT2D eigenvalue weighted by molar-refractivity contribution is 8.26. The zero-order valence-corrected chi connectivity index (χ0v) is 15.2. The number of thioether (sulfide) groups is 1. The maximum Gasteiger partial charge on any atom is 0.263 e. The minimum Gasteiger partial charge on any atom is -0.318 e. The van der Waals surface area contributed by atoms with Crippen molar-refractivity contribution in [1.82, 2.24) is 9.88 Å². The van der Waals surface area contributed by atoms with Gasteiger partial charge in [-0.25, -0.2) is 0 Å². The molecule has 0 atom stereocenters. The molecule has 0 saturated carbocycles. The van der Waals surface area contributed by atoms with Gasteiger partial charge in [-0.05, 0) is 68.7 Å². The van der Waals surface area contributed by atoms with E-state index < -0.39 is 0 Å². The summed E-state index contributed by atoms with van der Waals surface area (Å²) in [6, 6.07) is 8.57. The third-order valence-electron chi connectivity index (χ3n) is 4.15. The number of benzene rings is 1. The fraction of sp³-hybridized carbons (Fsp3) is 0.222. The molecule has 0 spiro atoms. The molecule has 5 heteroatoms. The molecule has 0 aliphatic carbocycles. The van der Waals surface area contributed by atoms with E-state index in [9.17, 15) is 4.79 Å². The van der Waals surface area contributed by atoms with Gasteiger partial charge >= 0.3 is 0 Å². The molecule has 118 valence electrons. The smallest absolute Gasteiger partial charge is 0.263 e. The van der Waals surface area contributed by atoms with E-state index >= 15 is 0 Å². The van der Waals surface area contributed by atoms with E-state index in [0.717, 1.165) is 22.6 Å². The Morgan fingerprint density at radius 3 is 2.48 bits per heavy atom. The average Bonchev–Trinajstić information content (AvgIpc) is 2.93. The second-order valence-corrected chi connectivity index (χ2v) is 7.50. The number of rotatable bonds is 2. The van der Waals surface area contributed by atoms with Crippen molar-refractivity contribution in [3.8, 4) is 5.69 Å². The monoisotopic (exact) mass is 342 g/mol. The molecule has 23 heavy (non-hydrogen) atoms. The van der Waals surface area contributed by atoms with Gasteiger partial charge in [0.25, 0.3) is 5.91 Å². The van der Waals surface area contributed by atoms with Crippen LogP contribution in [0.4, 0.5) is 0 Å². The van der Waals surface area contributed by atoms with Crippen molar-refractivity contribution in [1.29, 1.82) is 0 Å². The van der Waals surface area contributed by atoms with E-state index in [0.29, 0.717) is 9.23 Å². The van der Waals surface area contributed by atoms with Crippen LogP contribution >= 0.6 is 24.0 Å². The standard InChI is InChI=1S/C18H18N2OS2/c1-10-5-6-15(7-11(10)2)20-12(3)8-14(13(20)4)9-16-17(21)19-18(22)23-16/h5-9H,1-4H3,(H,19,21,22). The second-order valence-electron chi connectivity index (χ2n) is 5.78. The van der Waals surface area contributed by atoms with Gasteiger partial charge in [0.05, 0.1) is 4.91 Å². The van der Waals surface area contributed by atoms with E-state index in [1.54, 1.807) is 0 Å². The van der Waals surface area contributed by atoms with Gasteiger partial charge in [-0.15, -0.1) is 0 Å². The molecular weight excluding hydrogens is 324 g/mol. The minimum atomic E-state index is -0.115. The minimum absolute atomic E-state index is 0.115. The molecule has 3 nitrogen and oxygen atoms in total. The van der Waals surface area contributed by atoms with Crippen molar-refractivity contribution >= 4 is 40.3 Å². The fourth-order valence-electron chi connectivity index (χ4n) is 2.76. The zero-order valence-electron chi connectivity index (χ0n) is 13.6. The first-order chi connectivity index (χ1) is 10.9. The van der Waals surface area contributed by atoms with Gasteiger partial charge in [0.1, 0.15) is 4.32 Å². The van der Waals surface area contributed by atoms with Crippen molar-refractivity contribution in [2.24, 2.45) is 0 Å². The largest absolute Gasteiger partial charge is 0.318 e. The van der Waals surface area contributed by atoms with Crippen molar-refractivity contribution < 1.29 is 4.79 Å². The van der Waals surface area contributed by atoms with Gasteiger partial charge in [0.2, 0.25) is 0 Å². The number of hydrogen-bond donors (Lipinski definition) is 1. The molecule has 1 aliphatic rings. The molecule has 0 radical (unpaired) electrons. The Labute approximate surface area is 145 Å². The van der Waals surface area contributed by atoms with Crippen LogP contribution in [-0.4, -0.2) is 14.8 Å². The Hall–Kier alpha value is -1.85. The van der Waals surface area contributed by atoms with Crippen LogP contribution in [0.15, 0.2) is 29.2 Å². The summed E-state index contributed by atoms with van der Waals surface area (Å²) in [4.78, 5) is 12.5. The summed E-state index contributed by atoms with van der Waals surface area (Å²) < 4.78 is 2.73. The second kappa shape index (κ2) is 5.98. The molecule has 3 rings (SSSR count). The third-order valence-corrected chi connectivity index (χ3v) is 5.31. The number of hydrogen-bond acceptors (Lipinski definition) is 3. The number of aromatic nitrogens is 1. The Morgan fingerprint density at radius 1 is 1.13 bits per heavy atom. The lowest BCUT2D eigenvalue weighted by Crippen LogP contribution is -2.17. The number of aryl methyl sites for hydroxylation is 3. The Kier molecular flexibility index (Phi) is 4.17. The highest BCUT2D eigenvalue weighted by atomic mass is 32.2. The molecule has 2 aromatic rings. The van der Waals surface area contributed by atoms with Crippen molar-refractivity contribution in [2.45, 2.75) is 27.7 Å². The lowest BCUT2D eigenvalue weighted by Gasteiger charge is -2.11. The first-order valence-corrected chi connectivity index (χ1v) is 8.60. The number of carbonyl (C=O) groups is 1. The van der Waals surface area contributed by atoms with Crippen molar-refractivity contribution in [2.75, 3.05) is 0 Å². The summed E-state index contributed by atoms with van der Waals surface area (Å²) in [6.45, 7) is 8.39. The SMILES string of the molecule is Cc1ccc(-n2c(C)cc(C=C3SC(=S)NC3=O)c2C)cc1C. The van der Waals surface area contributed by atoms with Crippen LogP contribution in [-0.2, 0) is 4.79 Å². The van der Waals surface area contributed by atoms with E-state index in [1.165, 1.54) is 22.9 Å². The molecule has 1 aromatic heterocycles. The van der Waals surface area contributed by atoms with Gasteiger partial charge < -0.3 is 9.88 Å². The van der Waals surface area contributed by atoms with Gasteiger partial charge in [-0.1, -0.05) is 30.0 Å². The van der Waals surface area contributed by atoms with Crippen molar-refractivity contribution in [3.63, 3.8) is 0 Å². The van der Waals surface area contributed by atoms with Crippen LogP contribution in [0.5, 0.6) is 0 Å². The fourth-order valence-corrected chi connectivity index (χ4v) is 3.79. The number of carbonyl (C=O) groups excluding carboxylic acids is 1. The molecule has 1 fully saturated rings. The lowest BCUT2D eigenvalue weighted by atomic mass is 10.1. The first-order valence-electron chi connectivity index (χ1n) is 7.38. The van der Waals surface area contributed by atoms with Crippen LogP contribution in [0.25, 0.3) is 11.8 Å². The molecular formula is C18H18N2OS2. The summed E-state index contributed by atoms with van der Waals surface area (Å²) in [5, 5.41) is 2.65. The topological polar surface area (TPSA) is 34.0 Å². The van der Waals surface area contributed by atoms with Gasteiger partial charge in [-0.2, -0.15) is 0 Å². The lowest BCUT2D eigenvalue weighted by molar-refractivity contribution is -0.115.